The van der Waals surface area contributed by atoms with Crippen molar-refractivity contribution in [3.63, 3.8) is 0 Å². The molecule has 0 N–H and O–H groups in total. The Balaban J connectivity index is 1.75. The zero-order chi connectivity index (χ0) is 17.3. The Hall–Kier alpha value is -2.02. The second-order valence-electron chi connectivity index (χ2n) is 7.06. The van der Waals surface area contributed by atoms with E-state index in [1.165, 1.54) is 6.33 Å². The van der Waals surface area contributed by atoms with Gasteiger partial charge in [-0.1, -0.05) is 0 Å². The summed E-state index contributed by atoms with van der Waals surface area (Å²) in [4.78, 5) is 38.9. The van der Waals surface area contributed by atoms with Gasteiger partial charge in [0.05, 0.1) is 17.8 Å². The summed E-state index contributed by atoms with van der Waals surface area (Å²) >= 11 is 0. The minimum absolute atomic E-state index is 0.0172. The van der Waals surface area contributed by atoms with Gasteiger partial charge in [0.25, 0.3) is 5.91 Å². The molecule has 3 saturated heterocycles. The van der Waals surface area contributed by atoms with E-state index < -0.39 is 0 Å². The van der Waals surface area contributed by atoms with E-state index in [1.54, 1.807) is 25.2 Å². The van der Waals surface area contributed by atoms with Gasteiger partial charge in [-0.05, 0) is 25.7 Å². The van der Waals surface area contributed by atoms with Crippen LogP contribution in [0.5, 0.6) is 0 Å². The summed E-state index contributed by atoms with van der Waals surface area (Å²) in [7, 11) is 3.56. The van der Waals surface area contributed by atoms with Gasteiger partial charge >= 0.3 is 0 Å². The van der Waals surface area contributed by atoms with E-state index >= 15 is 0 Å². The molecule has 1 aromatic heterocycles. The van der Waals surface area contributed by atoms with Crippen LogP contribution in [0.1, 0.15) is 28.9 Å². The second kappa shape index (κ2) is 6.84. The molecule has 0 unspecified atom stereocenters. The molecule has 2 bridgehead atoms. The summed E-state index contributed by atoms with van der Waals surface area (Å²) < 4.78 is 0. The van der Waals surface area contributed by atoms with E-state index in [0.29, 0.717) is 18.0 Å². The third-order valence-electron chi connectivity index (χ3n) is 5.05. The Morgan fingerprint density at radius 3 is 2.75 bits per heavy atom. The Kier molecular flexibility index (Phi) is 4.80. The highest BCUT2D eigenvalue weighted by Crippen LogP contribution is 2.29. The van der Waals surface area contributed by atoms with Gasteiger partial charge in [-0.25, -0.2) is 9.97 Å². The van der Waals surface area contributed by atoms with Crippen LogP contribution in [0.2, 0.25) is 0 Å². The molecule has 2 amide bonds. The number of piperidine rings is 1. The van der Waals surface area contributed by atoms with Gasteiger partial charge in [0, 0.05) is 46.0 Å². The lowest BCUT2D eigenvalue weighted by atomic mass is 9.94. The Morgan fingerprint density at radius 1 is 1.25 bits per heavy atom. The van der Waals surface area contributed by atoms with Crippen molar-refractivity contribution < 1.29 is 9.59 Å². The molecule has 3 aliphatic heterocycles. The highest BCUT2D eigenvalue weighted by molar-refractivity contribution is 5.95. The van der Waals surface area contributed by atoms with E-state index in [9.17, 15) is 9.59 Å². The maximum Gasteiger partial charge on any atom is 0.257 e. The van der Waals surface area contributed by atoms with Crippen molar-refractivity contribution in [1.29, 1.82) is 0 Å². The smallest absolute Gasteiger partial charge is 0.257 e. The van der Waals surface area contributed by atoms with E-state index in [1.807, 2.05) is 11.8 Å². The summed E-state index contributed by atoms with van der Waals surface area (Å²) in [6.07, 6.45) is 5.19. The number of hydrogen-bond donors (Lipinski definition) is 0. The van der Waals surface area contributed by atoms with Crippen LogP contribution in [-0.2, 0) is 4.79 Å². The molecule has 2 atom stereocenters. The molecule has 24 heavy (non-hydrogen) atoms. The number of nitrogens with zero attached hydrogens (tertiary/aromatic N) is 5. The first-order chi connectivity index (χ1) is 11.5. The maximum atomic E-state index is 13.0. The standard InChI is InChI=1S/C17H25N5O2/c1-12-15(6-18-11-19-12)17(24)22-8-13-4-5-14(22)9-21(7-13)10-16(23)20(2)3/h6,11,13-14H,4-5,7-10H2,1-3H3/t13-,14+/m0/s1. The summed E-state index contributed by atoms with van der Waals surface area (Å²) in [5.41, 5.74) is 1.30. The molecule has 4 heterocycles. The molecule has 7 nitrogen and oxygen atoms in total. The fourth-order valence-corrected chi connectivity index (χ4v) is 3.65. The largest absolute Gasteiger partial charge is 0.348 e. The number of amides is 2. The van der Waals surface area contributed by atoms with Gasteiger partial charge in [0.1, 0.15) is 6.33 Å². The van der Waals surface area contributed by atoms with Crippen LogP contribution >= 0.6 is 0 Å². The minimum atomic E-state index is 0.0172. The highest BCUT2D eigenvalue weighted by Gasteiger charge is 2.38. The Morgan fingerprint density at radius 2 is 2.04 bits per heavy atom. The van der Waals surface area contributed by atoms with Gasteiger partial charge in [-0.3, -0.25) is 14.5 Å². The predicted molar refractivity (Wildman–Crippen MR) is 89.5 cm³/mol. The first kappa shape index (κ1) is 16.8. The molecule has 0 spiro atoms. The van der Waals surface area contributed by atoms with Gasteiger partial charge in [0.2, 0.25) is 5.91 Å². The normalized spacial score (nSPS) is 23.9. The molecular weight excluding hydrogens is 306 g/mol. The fourth-order valence-electron chi connectivity index (χ4n) is 3.65. The van der Waals surface area contributed by atoms with Crippen LogP contribution in [-0.4, -0.2) is 82.8 Å². The quantitative estimate of drug-likeness (QED) is 0.802. The van der Waals surface area contributed by atoms with Crippen LogP contribution in [0.25, 0.3) is 0 Å². The number of hydrogen-bond acceptors (Lipinski definition) is 5. The van der Waals surface area contributed by atoms with Gasteiger partial charge in [-0.2, -0.15) is 0 Å². The minimum Gasteiger partial charge on any atom is -0.348 e. The Bertz CT molecular complexity index is 633. The molecule has 1 aromatic rings. The Labute approximate surface area is 142 Å². The van der Waals surface area contributed by atoms with Gasteiger partial charge in [0.15, 0.2) is 0 Å². The first-order valence-corrected chi connectivity index (χ1v) is 8.45. The zero-order valence-corrected chi connectivity index (χ0v) is 14.6. The predicted octanol–water partition coefficient (Wildman–Crippen LogP) is 0.410. The van der Waals surface area contributed by atoms with Crippen molar-refractivity contribution in [2.45, 2.75) is 25.8 Å². The summed E-state index contributed by atoms with van der Waals surface area (Å²) in [6.45, 7) is 4.66. The van der Waals surface area contributed by atoms with Crippen LogP contribution in [0.15, 0.2) is 12.5 Å². The molecule has 0 radical (unpaired) electrons. The topological polar surface area (TPSA) is 69.6 Å². The van der Waals surface area contributed by atoms with Crippen molar-refractivity contribution in [2.75, 3.05) is 40.3 Å². The third-order valence-corrected chi connectivity index (χ3v) is 5.05. The number of fused-ring (bicyclic) bond motifs is 4. The monoisotopic (exact) mass is 331 g/mol. The number of likely N-dealkylation sites (N-methyl/N-ethyl adjacent to an activating group) is 1. The highest BCUT2D eigenvalue weighted by atomic mass is 16.2. The number of carbonyl (C=O) groups excluding carboxylic acids is 2. The molecule has 0 saturated carbocycles. The molecule has 130 valence electrons. The van der Waals surface area contributed by atoms with Crippen LogP contribution < -0.4 is 0 Å². The summed E-state index contributed by atoms with van der Waals surface area (Å²) in [5.74, 6) is 0.553. The van der Waals surface area contributed by atoms with Gasteiger partial charge < -0.3 is 9.80 Å². The molecule has 0 aliphatic carbocycles. The van der Waals surface area contributed by atoms with Gasteiger partial charge in [-0.15, -0.1) is 0 Å². The van der Waals surface area contributed by atoms with Crippen LogP contribution in [0.3, 0.4) is 0 Å². The van der Waals surface area contributed by atoms with Crippen molar-refractivity contribution in [3.8, 4) is 0 Å². The SMILES string of the molecule is Cc1ncncc1C(=O)N1C[C@H]2CC[C@@H]1CN(CC(=O)N(C)C)C2. The second-order valence-corrected chi connectivity index (χ2v) is 7.06. The lowest BCUT2D eigenvalue weighted by Gasteiger charge is -2.36. The summed E-state index contributed by atoms with van der Waals surface area (Å²) in [6, 6.07) is 0.158. The van der Waals surface area contributed by atoms with E-state index in [2.05, 4.69) is 14.9 Å². The first-order valence-electron chi connectivity index (χ1n) is 8.45. The lowest BCUT2D eigenvalue weighted by molar-refractivity contribution is -0.129. The van der Waals surface area contributed by atoms with E-state index in [-0.39, 0.29) is 17.9 Å². The van der Waals surface area contributed by atoms with Crippen molar-refractivity contribution in [1.82, 2.24) is 24.7 Å². The average Bonchev–Trinajstić information content (AvgIpc) is 2.85. The van der Waals surface area contributed by atoms with E-state index in [4.69, 9.17) is 0 Å². The molecular formula is C17H25N5O2. The molecule has 3 aliphatic rings. The van der Waals surface area contributed by atoms with Crippen LogP contribution in [0, 0.1) is 12.8 Å². The van der Waals surface area contributed by atoms with Crippen molar-refractivity contribution >= 4 is 11.8 Å². The van der Waals surface area contributed by atoms with Crippen molar-refractivity contribution in [3.05, 3.63) is 23.8 Å². The van der Waals surface area contributed by atoms with Crippen molar-refractivity contribution in [2.24, 2.45) is 5.92 Å². The lowest BCUT2D eigenvalue weighted by Crippen LogP contribution is -2.48. The maximum absolute atomic E-state index is 13.0. The number of aryl methyl sites for hydroxylation is 1. The van der Waals surface area contributed by atoms with E-state index in [0.717, 1.165) is 38.2 Å². The molecule has 0 aromatic carbocycles. The number of aromatic nitrogens is 2. The molecule has 4 rings (SSSR count). The fraction of sp³-hybridized carbons (Fsp3) is 0.647. The molecule has 7 heteroatoms. The number of carbonyl (C=O) groups is 2. The van der Waals surface area contributed by atoms with Crippen LogP contribution in [0.4, 0.5) is 0 Å². The third kappa shape index (κ3) is 3.40. The zero-order valence-electron chi connectivity index (χ0n) is 14.6. The number of rotatable bonds is 3. The average molecular weight is 331 g/mol. The summed E-state index contributed by atoms with van der Waals surface area (Å²) in [5, 5.41) is 0. The molecule has 3 fully saturated rings.